The van der Waals surface area contributed by atoms with Crippen LogP contribution in [0.15, 0.2) is 12.1 Å². The quantitative estimate of drug-likeness (QED) is 0.696. The third-order valence-corrected chi connectivity index (χ3v) is 6.85. The molecule has 7 nitrogen and oxygen atoms in total. The number of nitrogens with one attached hydrogen (secondary N) is 1. The molecule has 1 saturated heterocycles. The zero-order chi connectivity index (χ0) is 21.3. The lowest BCUT2D eigenvalue weighted by Crippen LogP contribution is -2.48. The number of sulfone groups is 1. The van der Waals surface area contributed by atoms with Crippen molar-refractivity contribution >= 4 is 21.7 Å². The number of phenolic OH excluding ortho intramolecular Hbond substituents is 1. The van der Waals surface area contributed by atoms with Crippen molar-refractivity contribution in [3.8, 4) is 5.75 Å². The Kier molecular flexibility index (Phi) is 6.43. The van der Waals surface area contributed by atoms with Gasteiger partial charge in [0, 0.05) is 0 Å². The number of hydrogen-bond acceptors (Lipinski definition) is 6. The van der Waals surface area contributed by atoms with Gasteiger partial charge in [-0.15, -0.1) is 0 Å². The molecule has 1 atom stereocenters. The van der Waals surface area contributed by atoms with Crippen LogP contribution in [0.25, 0.3) is 0 Å². The van der Waals surface area contributed by atoms with Gasteiger partial charge in [-0.1, -0.05) is 33.8 Å². The minimum atomic E-state index is -3.16. The van der Waals surface area contributed by atoms with Crippen LogP contribution in [0, 0.1) is 0 Å². The van der Waals surface area contributed by atoms with Crippen LogP contribution in [-0.4, -0.2) is 49.1 Å². The molecule has 0 saturated carbocycles. The van der Waals surface area contributed by atoms with Gasteiger partial charge in [-0.05, 0) is 42.4 Å². The molecule has 1 fully saturated rings. The van der Waals surface area contributed by atoms with Crippen LogP contribution >= 0.6 is 0 Å². The number of carbonyl (C=O) groups excluding carboxylic acids is 2. The molecule has 1 heterocycles. The van der Waals surface area contributed by atoms with Gasteiger partial charge in [-0.2, -0.15) is 0 Å². The molecule has 1 aliphatic heterocycles. The van der Waals surface area contributed by atoms with Gasteiger partial charge in [0.2, 0.25) is 0 Å². The molecule has 0 aromatic heterocycles. The van der Waals surface area contributed by atoms with Crippen LogP contribution in [0.1, 0.15) is 74.4 Å². The summed E-state index contributed by atoms with van der Waals surface area (Å²) < 4.78 is 28.3. The monoisotopic (exact) mass is 411 g/mol. The number of rotatable bonds is 6. The fourth-order valence-electron chi connectivity index (χ4n) is 3.30. The van der Waals surface area contributed by atoms with Crippen molar-refractivity contribution in [2.24, 2.45) is 0 Å². The number of phenols is 1. The molecular weight excluding hydrogens is 382 g/mol. The molecule has 2 rings (SSSR count). The fourth-order valence-corrected chi connectivity index (χ4v) is 5.39. The molecule has 2 N–H and O–H groups in total. The van der Waals surface area contributed by atoms with Crippen LogP contribution in [0.5, 0.6) is 5.75 Å². The van der Waals surface area contributed by atoms with Crippen LogP contribution < -0.4 is 5.32 Å². The third-order valence-electron chi connectivity index (χ3n) is 4.95. The van der Waals surface area contributed by atoms with E-state index in [2.05, 4.69) is 5.32 Å². The second-order valence-electron chi connectivity index (χ2n) is 8.34. The highest BCUT2D eigenvalue weighted by Gasteiger charge is 2.39. The Morgan fingerprint density at radius 3 is 2.36 bits per heavy atom. The molecule has 0 spiro atoms. The van der Waals surface area contributed by atoms with Gasteiger partial charge >= 0.3 is 5.97 Å². The molecule has 0 bridgehead atoms. The number of hydrogen-bond donors (Lipinski definition) is 2. The number of esters is 1. The van der Waals surface area contributed by atoms with Crippen LogP contribution in [0.3, 0.4) is 0 Å². The van der Waals surface area contributed by atoms with Crippen molar-refractivity contribution in [1.29, 1.82) is 0 Å². The molecule has 156 valence electrons. The summed E-state index contributed by atoms with van der Waals surface area (Å²) >= 11 is 0. The molecule has 1 amide bonds. The second-order valence-corrected chi connectivity index (χ2v) is 10.5. The average Bonchev–Trinajstić information content (AvgIpc) is 2.85. The summed E-state index contributed by atoms with van der Waals surface area (Å²) in [5.74, 6) is -1.45. The van der Waals surface area contributed by atoms with Crippen molar-refractivity contribution < 1.29 is 27.9 Å². The highest BCUT2D eigenvalue weighted by Crippen LogP contribution is 2.33. The smallest absolute Gasteiger partial charge is 0.342 e. The van der Waals surface area contributed by atoms with E-state index in [9.17, 15) is 23.1 Å². The van der Waals surface area contributed by atoms with Gasteiger partial charge in [0.05, 0.1) is 17.0 Å². The molecule has 1 aromatic carbocycles. The normalized spacial score (nSPS) is 21.1. The van der Waals surface area contributed by atoms with E-state index in [0.717, 1.165) is 5.56 Å². The average molecular weight is 412 g/mol. The van der Waals surface area contributed by atoms with Gasteiger partial charge < -0.3 is 15.2 Å². The standard InChI is InChI=1S/C20H29NO6S/c1-12(2)14-8-15(13(3)4)18(23)16(9-14)19(24)27-10-17(22)21-20(5)6-7-28(25,26)11-20/h8-9,12-13,23H,6-7,10-11H2,1-5H3,(H,21,22)/t20-/m0/s1. The van der Waals surface area contributed by atoms with E-state index in [0.29, 0.717) is 12.0 Å². The van der Waals surface area contributed by atoms with Gasteiger partial charge in [0.1, 0.15) is 11.3 Å². The molecule has 1 aromatic rings. The largest absolute Gasteiger partial charge is 0.507 e. The Balaban J connectivity index is 2.09. The molecule has 0 radical (unpaired) electrons. The van der Waals surface area contributed by atoms with Crippen molar-refractivity contribution in [2.75, 3.05) is 18.1 Å². The number of carbonyl (C=O) groups is 2. The first-order valence-corrected chi connectivity index (χ1v) is 11.2. The lowest BCUT2D eigenvalue weighted by atomic mass is 9.92. The summed E-state index contributed by atoms with van der Waals surface area (Å²) in [6, 6.07) is 3.45. The highest BCUT2D eigenvalue weighted by molar-refractivity contribution is 7.91. The first kappa shape index (κ1) is 22.2. The second kappa shape index (κ2) is 8.11. The Morgan fingerprint density at radius 2 is 1.86 bits per heavy atom. The van der Waals surface area contributed by atoms with Gasteiger partial charge in [-0.25, -0.2) is 13.2 Å². The van der Waals surface area contributed by atoms with Gasteiger partial charge in [0.25, 0.3) is 5.91 Å². The van der Waals surface area contributed by atoms with E-state index < -0.39 is 33.9 Å². The molecule has 1 aliphatic rings. The lowest BCUT2D eigenvalue weighted by Gasteiger charge is -2.23. The minimum Gasteiger partial charge on any atom is -0.507 e. The maximum absolute atomic E-state index is 12.5. The maximum Gasteiger partial charge on any atom is 0.342 e. The molecule has 0 unspecified atom stereocenters. The van der Waals surface area contributed by atoms with Gasteiger partial charge in [-0.3, -0.25) is 4.79 Å². The predicted octanol–water partition coefficient (Wildman–Crippen LogP) is 2.49. The molecule has 0 aliphatic carbocycles. The van der Waals surface area contributed by atoms with Crippen LogP contribution in [0.2, 0.25) is 0 Å². The summed E-state index contributed by atoms with van der Waals surface area (Å²) in [6.45, 7) is 8.90. The first-order valence-electron chi connectivity index (χ1n) is 9.39. The van der Waals surface area contributed by atoms with Crippen LogP contribution in [-0.2, 0) is 19.4 Å². The molecule has 28 heavy (non-hydrogen) atoms. The zero-order valence-electron chi connectivity index (χ0n) is 17.0. The van der Waals surface area contributed by atoms with E-state index in [-0.39, 0.29) is 34.7 Å². The maximum atomic E-state index is 12.5. The Bertz CT molecular complexity index is 875. The van der Waals surface area contributed by atoms with E-state index in [1.165, 1.54) is 0 Å². The summed E-state index contributed by atoms with van der Waals surface area (Å²) in [7, 11) is -3.16. The lowest BCUT2D eigenvalue weighted by molar-refractivity contribution is -0.125. The number of aromatic hydroxyl groups is 1. The van der Waals surface area contributed by atoms with Gasteiger partial charge in [0.15, 0.2) is 16.4 Å². The SMILES string of the molecule is CC(C)c1cc(C(=O)OCC(=O)N[C@@]2(C)CCS(=O)(=O)C2)c(O)c(C(C)C)c1. The third kappa shape index (κ3) is 5.25. The first-order chi connectivity index (χ1) is 12.8. The van der Waals surface area contributed by atoms with Crippen molar-refractivity contribution in [3.05, 3.63) is 28.8 Å². The van der Waals surface area contributed by atoms with E-state index >= 15 is 0 Å². The summed E-state index contributed by atoms with van der Waals surface area (Å²) in [6.07, 6.45) is 0.323. The number of benzene rings is 1. The summed E-state index contributed by atoms with van der Waals surface area (Å²) in [4.78, 5) is 24.6. The van der Waals surface area contributed by atoms with E-state index in [4.69, 9.17) is 4.74 Å². The summed E-state index contributed by atoms with van der Waals surface area (Å²) in [5, 5.41) is 13.1. The number of amides is 1. The Labute approximate surface area is 166 Å². The zero-order valence-corrected chi connectivity index (χ0v) is 17.9. The van der Waals surface area contributed by atoms with Crippen LogP contribution in [0.4, 0.5) is 0 Å². The highest BCUT2D eigenvalue weighted by atomic mass is 32.2. The fraction of sp³-hybridized carbons (Fsp3) is 0.600. The van der Waals surface area contributed by atoms with Crippen molar-refractivity contribution in [2.45, 2.75) is 58.4 Å². The van der Waals surface area contributed by atoms with Crippen molar-refractivity contribution in [1.82, 2.24) is 5.32 Å². The minimum absolute atomic E-state index is 0.0119. The predicted molar refractivity (Wildman–Crippen MR) is 106 cm³/mol. The Morgan fingerprint density at radius 1 is 1.21 bits per heavy atom. The topological polar surface area (TPSA) is 110 Å². The van der Waals surface area contributed by atoms with E-state index in [1.54, 1.807) is 13.0 Å². The Hall–Kier alpha value is -2.09. The molecule has 8 heteroatoms. The van der Waals surface area contributed by atoms with Crippen molar-refractivity contribution in [3.63, 3.8) is 0 Å². The molecular formula is C20H29NO6S. The summed E-state index contributed by atoms with van der Waals surface area (Å²) in [5.41, 5.74) is 0.706. The number of ether oxygens (including phenoxy) is 1. The van der Waals surface area contributed by atoms with E-state index in [1.807, 2.05) is 33.8 Å².